The van der Waals surface area contributed by atoms with Crippen molar-refractivity contribution in [1.29, 1.82) is 0 Å². The Morgan fingerprint density at radius 2 is 1.92 bits per heavy atom. The van der Waals surface area contributed by atoms with Crippen LogP contribution in [0, 0.1) is 17.5 Å². The molecule has 0 fully saturated rings. The van der Waals surface area contributed by atoms with Crippen molar-refractivity contribution in [2.45, 2.75) is 13.0 Å². The first kappa shape index (κ1) is 16.0. The van der Waals surface area contributed by atoms with Crippen LogP contribution in [0.15, 0.2) is 30.3 Å². The van der Waals surface area contributed by atoms with Crippen molar-refractivity contribution in [3.05, 3.63) is 69.6 Å². The van der Waals surface area contributed by atoms with Gasteiger partial charge in [0.1, 0.15) is 0 Å². The molecule has 7 heteroatoms. The van der Waals surface area contributed by atoms with Crippen LogP contribution in [-0.2, 0) is 13.0 Å². The van der Waals surface area contributed by atoms with Gasteiger partial charge in [-0.05, 0) is 30.3 Å². The molecule has 3 aromatic rings. The van der Waals surface area contributed by atoms with Crippen LogP contribution in [-0.4, -0.2) is 22.3 Å². The highest BCUT2D eigenvalue weighted by Gasteiger charge is 2.28. The Bertz CT molecular complexity index is 1020. The van der Waals surface area contributed by atoms with Crippen molar-refractivity contribution >= 4 is 28.4 Å². The molecule has 1 aromatic heterocycles. The van der Waals surface area contributed by atoms with Crippen LogP contribution >= 0.6 is 11.6 Å². The predicted octanol–water partition coefficient (Wildman–Crippen LogP) is 4.44. The molecule has 1 aliphatic heterocycles. The monoisotopic (exact) mass is 364 g/mol. The molecule has 1 aliphatic rings. The number of halogens is 4. The van der Waals surface area contributed by atoms with Crippen LogP contribution in [0.1, 0.15) is 21.6 Å². The summed E-state index contributed by atoms with van der Waals surface area (Å²) in [5.41, 5.74) is 2.33. The molecule has 0 unspecified atom stereocenters. The molecule has 25 heavy (non-hydrogen) atoms. The van der Waals surface area contributed by atoms with Gasteiger partial charge in [0.05, 0.1) is 5.56 Å². The standard InChI is InChI=1S/C18H12ClF3N2O/c19-9-1-4-14-11(7-9)12-8-24(6-5-15(12)23-14)18(25)10-2-3-13(20)17(22)16(10)21/h1-4,7,23H,5-6,8H2. The highest BCUT2D eigenvalue weighted by Crippen LogP contribution is 2.30. The van der Waals surface area contributed by atoms with Gasteiger partial charge in [0.2, 0.25) is 0 Å². The maximum atomic E-state index is 13.9. The number of nitrogens with one attached hydrogen (secondary N) is 1. The Kier molecular flexibility index (Phi) is 3.72. The minimum atomic E-state index is -1.64. The number of carbonyl (C=O) groups is 1. The summed E-state index contributed by atoms with van der Waals surface area (Å²) in [6.45, 7) is 0.595. The number of H-pyrrole nitrogens is 1. The fourth-order valence-electron chi connectivity index (χ4n) is 3.22. The lowest BCUT2D eigenvalue weighted by molar-refractivity contribution is 0.0729. The van der Waals surface area contributed by atoms with E-state index in [0.717, 1.165) is 34.3 Å². The number of hydrogen-bond donors (Lipinski definition) is 1. The Hall–Kier alpha value is -2.47. The molecule has 128 valence electrons. The Morgan fingerprint density at radius 1 is 1.12 bits per heavy atom. The van der Waals surface area contributed by atoms with Gasteiger partial charge in [-0.1, -0.05) is 11.6 Å². The lowest BCUT2D eigenvalue weighted by Gasteiger charge is -2.27. The molecule has 1 amide bonds. The van der Waals surface area contributed by atoms with E-state index >= 15 is 0 Å². The van der Waals surface area contributed by atoms with Crippen molar-refractivity contribution in [1.82, 2.24) is 9.88 Å². The zero-order valence-electron chi connectivity index (χ0n) is 12.9. The van der Waals surface area contributed by atoms with E-state index in [1.807, 2.05) is 6.07 Å². The summed E-state index contributed by atoms with van der Waals surface area (Å²) in [7, 11) is 0. The number of aromatic amines is 1. The Morgan fingerprint density at radius 3 is 2.72 bits per heavy atom. The summed E-state index contributed by atoms with van der Waals surface area (Å²) < 4.78 is 40.4. The molecular formula is C18H12ClF3N2O. The molecule has 0 radical (unpaired) electrons. The normalized spacial score (nSPS) is 14.0. The van der Waals surface area contributed by atoms with Crippen molar-refractivity contribution in [2.24, 2.45) is 0 Å². The second kappa shape index (κ2) is 5.81. The third kappa shape index (κ3) is 2.57. The zero-order valence-corrected chi connectivity index (χ0v) is 13.6. The molecule has 0 aliphatic carbocycles. The molecule has 0 bridgehead atoms. The van der Waals surface area contributed by atoms with E-state index in [9.17, 15) is 18.0 Å². The second-order valence-electron chi connectivity index (χ2n) is 5.97. The number of nitrogens with zero attached hydrogens (tertiary/aromatic N) is 1. The average Bonchev–Trinajstić information content (AvgIpc) is 2.96. The van der Waals surface area contributed by atoms with E-state index in [1.54, 1.807) is 12.1 Å². The third-order valence-electron chi connectivity index (χ3n) is 4.49. The Balaban J connectivity index is 1.70. The lowest BCUT2D eigenvalue weighted by Crippen LogP contribution is -2.36. The van der Waals surface area contributed by atoms with E-state index in [2.05, 4.69) is 4.98 Å². The summed E-state index contributed by atoms with van der Waals surface area (Å²) in [6, 6.07) is 7.16. The van der Waals surface area contributed by atoms with Crippen LogP contribution < -0.4 is 0 Å². The van der Waals surface area contributed by atoms with E-state index in [4.69, 9.17) is 11.6 Å². The molecule has 4 rings (SSSR count). The summed E-state index contributed by atoms with van der Waals surface area (Å²) in [6.07, 6.45) is 0.554. The molecule has 1 N–H and O–H groups in total. The van der Waals surface area contributed by atoms with Gasteiger partial charge in [-0.15, -0.1) is 0 Å². The quantitative estimate of drug-likeness (QED) is 0.637. The number of hydrogen-bond acceptors (Lipinski definition) is 1. The number of benzene rings is 2. The van der Waals surface area contributed by atoms with Gasteiger partial charge in [-0.25, -0.2) is 13.2 Å². The lowest BCUT2D eigenvalue weighted by atomic mass is 10.0. The minimum absolute atomic E-state index is 0.243. The summed E-state index contributed by atoms with van der Waals surface area (Å²) >= 11 is 6.04. The van der Waals surface area contributed by atoms with E-state index in [1.165, 1.54) is 4.90 Å². The molecule has 0 spiro atoms. The number of aromatic nitrogens is 1. The van der Waals surface area contributed by atoms with Crippen LogP contribution in [0.2, 0.25) is 5.02 Å². The SMILES string of the molecule is O=C(c1ccc(F)c(F)c1F)N1CCc2[nH]c3ccc(Cl)cc3c2C1. The van der Waals surface area contributed by atoms with E-state index < -0.39 is 28.9 Å². The first-order valence-corrected chi connectivity index (χ1v) is 8.05. The van der Waals surface area contributed by atoms with Crippen LogP contribution in [0.5, 0.6) is 0 Å². The van der Waals surface area contributed by atoms with Crippen molar-refractivity contribution < 1.29 is 18.0 Å². The molecule has 3 nitrogen and oxygen atoms in total. The number of carbonyl (C=O) groups excluding carboxylic acids is 1. The van der Waals surface area contributed by atoms with Gasteiger partial charge in [-0.2, -0.15) is 0 Å². The fraction of sp³-hybridized carbons (Fsp3) is 0.167. The highest BCUT2D eigenvalue weighted by atomic mass is 35.5. The highest BCUT2D eigenvalue weighted by molar-refractivity contribution is 6.31. The first-order chi connectivity index (χ1) is 12.0. The number of rotatable bonds is 1. The van der Waals surface area contributed by atoms with Gasteiger partial charge in [-0.3, -0.25) is 4.79 Å². The minimum Gasteiger partial charge on any atom is -0.358 e. The third-order valence-corrected chi connectivity index (χ3v) is 4.73. The fourth-order valence-corrected chi connectivity index (χ4v) is 3.39. The van der Waals surface area contributed by atoms with Crippen molar-refractivity contribution in [3.8, 4) is 0 Å². The zero-order chi connectivity index (χ0) is 17.7. The predicted molar refractivity (Wildman–Crippen MR) is 88.1 cm³/mol. The molecule has 2 aromatic carbocycles. The second-order valence-corrected chi connectivity index (χ2v) is 6.41. The molecule has 0 saturated heterocycles. The molecule has 0 atom stereocenters. The first-order valence-electron chi connectivity index (χ1n) is 7.67. The molecule has 2 heterocycles. The van der Waals surface area contributed by atoms with Gasteiger partial charge >= 0.3 is 0 Å². The van der Waals surface area contributed by atoms with Gasteiger partial charge in [0.15, 0.2) is 17.5 Å². The summed E-state index contributed by atoms with van der Waals surface area (Å²) in [5.74, 6) is -5.08. The van der Waals surface area contributed by atoms with E-state index in [-0.39, 0.29) is 6.54 Å². The summed E-state index contributed by atoms with van der Waals surface area (Å²) in [4.78, 5) is 17.3. The molecular weight excluding hydrogens is 353 g/mol. The van der Waals surface area contributed by atoms with Crippen molar-refractivity contribution in [2.75, 3.05) is 6.54 Å². The van der Waals surface area contributed by atoms with Crippen LogP contribution in [0.3, 0.4) is 0 Å². The summed E-state index contributed by atoms with van der Waals surface area (Å²) in [5, 5.41) is 1.47. The maximum absolute atomic E-state index is 13.9. The maximum Gasteiger partial charge on any atom is 0.257 e. The van der Waals surface area contributed by atoms with Crippen LogP contribution in [0.25, 0.3) is 10.9 Å². The van der Waals surface area contributed by atoms with Crippen LogP contribution in [0.4, 0.5) is 13.2 Å². The van der Waals surface area contributed by atoms with Crippen molar-refractivity contribution in [3.63, 3.8) is 0 Å². The number of amides is 1. The van der Waals surface area contributed by atoms with Gasteiger partial charge in [0, 0.05) is 46.7 Å². The van der Waals surface area contributed by atoms with E-state index in [0.29, 0.717) is 18.0 Å². The van der Waals surface area contributed by atoms with Gasteiger partial charge < -0.3 is 9.88 Å². The smallest absolute Gasteiger partial charge is 0.257 e. The van der Waals surface area contributed by atoms with Gasteiger partial charge in [0.25, 0.3) is 5.91 Å². The molecule has 0 saturated carbocycles. The largest absolute Gasteiger partial charge is 0.358 e. The topological polar surface area (TPSA) is 36.1 Å². The number of fused-ring (bicyclic) bond motifs is 3. The average molecular weight is 365 g/mol. The Labute approximate surface area is 146 Å².